The molecule has 2 aliphatic rings. The van der Waals surface area contributed by atoms with Crippen LogP contribution in [0.3, 0.4) is 0 Å². The second kappa shape index (κ2) is 14.1. The van der Waals surface area contributed by atoms with Gasteiger partial charge in [0.2, 0.25) is 5.95 Å². The molecule has 0 saturated carbocycles. The van der Waals surface area contributed by atoms with E-state index in [0.717, 1.165) is 77.6 Å². The summed E-state index contributed by atoms with van der Waals surface area (Å²) in [6, 6.07) is 5.55. The monoisotopic (exact) mass is 609 g/mol. The molecule has 12 heteroatoms. The Hall–Kier alpha value is -2.57. The van der Waals surface area contributed by atoms with Gasteiger partial charge in [-0.3, -0.25) is 0 Å². The lowest BCUT2D eigenvalue weighted by Gasteiger charge is -2.24. The zero-order valence-corrected chi connectivity index (χ0v) is 25.3. The van der Waals surface area contributed by atoms with Gasteiger partial charge in [0.15, 0.2) is 0 Å². The number of hydrogen-bond donors (Lipinski definition) is 3. The van der Waals surface area contributed by atoms with Crippen molar-refractivity contribution in [2.45, 2.75) is 71.5 Å². The van der Waals surface area contributed by atoms with Crippen molar-refractivity contribution in [2.24, 2.45) is 5.92 Å². The number of ether oxygens (including phenoxy) is 1. The third-order valence-electron chi connectivity index (χ3n) is 7.06. The summed E-state index contributed by atoms with van der Waals surface area (Å²) < 4.78 is 59.7. The minimum Gasteiger partial charge on any atom is -0.460 e. The molecular weight excluding hydrogens is 571 g/mol. The van der Waals surface area contributed by atoms with Crippen LogP contribution in [0.1, 0.15) is 63.3 Å². The van der Waals surface area contributed by atoms with Crippen molar-refractivity contribution in [3.63, 3.8) is 0 Å². The maximum Gasteiger partial charge on any atom is 0.402 e. The fourth-order valence-electron chi connectivity index (χ4n) is 4.96. The van der Waals surface area contributed by atoms with E-state index in [1.165, 1.54) is 11.8 Å². The summed E-state index contributed by atoms with van der Waals surface area (Å²) in [6.45, 7) is 12.1. The lowest BCUT2D eigenvalue weighted by molar-refractivity contribution is -0.105. The Morgan fingerprint density at radius 1 is 1.27 bits per heavy atom. The number of nitrogens with zero attached hydrogens (tertiary/aromatic N) is 2. The van der Waals surface area contributed by atoms with Crippen LogP contribution in [-0.2, 0) is 23.8 Å². The molecule has 0 amide bonds. The van der Waals surface area contributed by atoms with Gasteiger partial charge in [-0.2, -0.15) is 13.2 Å². The highest BCUT2D eigenvalue weighted by atomic mass is 32.2. The molecule has 3 atom stereocenters. The van der Waals surface area contributed by atoms with E-state index in [1.807, 2.05) is 13.0 Å². The zero-order valence-electron chi connectivity index (χ0n) is 23.7. The molecule has 1 aliphatic heterocycles. The molecule has 0 bridgehead atoms. The van der Waals surface area contributed by atoms with Crippen molar-refractivity contribution in [2.75, 3.05) is 28.9 Å². The van der Waals surface area contributed by atoms with Crippen LogP contribution < -0.4 is 20.1 Å². The molecular formula is C29H38F3N5O2S2. The zero-order chi connectivity index (χ0) is 29.6. The minimum absolute atomic E-state index is 0.0416. The second-order valence-corrected chi connectivity index (χ2v) is 13.0. The quantitative estimate of drug-likeness (QED) is 0.228. The van der Waals surface area contributed by atoms with Crippen molar-refractivity contribution in [3.05, 3.63) is 58.5 Å². The number of benzene rings is 1. The predicted molar refractivity (Wildman–Crippen MR) is 162 cm³/mol. The van der Waals surface area contributed by atoms with E-state index in [1.54, 1.807) is 18.3 Å². The lowest BCUT2D eigenvalue weighted by Crippen LogP contribution is -2.38. The van der Waals surface area contributed by atoms with Crippen LogP contribution in [0.4, 0.5) is 24.8 Å². The van der Waals surface area contributed by atoms with Crippen LogP contribution >= 0.6 is 11.8 Å². The third kappa shape index (κ3) is 8.71. The number of halogens is 3. The second-order valence-electron chi connectivity index (χ2n) is 10.5. The Labute approximate surface area is 246 Å². The number of piperidine rings is 1. The summed E-state index contributed by atoms with van der Waals surface area (Å²) in [4.78, 5) is 11.0. The van der Waals surface area contributed by atoms with Gasteiger partial charge in [0.1, 0.15) is 28.2 Å². The van der Waals surface area contributed by atoms with E-state index in [4.69, 9.17) is 9.72 Å². The molecule has 1 saturated heterocycles. The van der Waals surface area contributed by atoms with Gasteiger partial charge in [-0.1, -0.05) is 32.2 Å². The summed E-state index contributed by atoms with van der Waals surface area (Å²) >= 11 is 1.50. The molecule has 1 aliphatic carbocycles. The average Bonchev–Trinajstić information content (AvgIpc) is 3.42. The largest absolute Gasteiger partial charge is 0.460 e. The highest BCUT2D eigenvalue weighted by Gasteiger charge is 2.31. The number of rotatable bonds is 12. The Balaban J connectivity index is 1.69. The summed E-state index contributed by atoms with van der Waals surface area (Å²) in [7, 11) is -2.27. The Morgan fingerprint density at radius 3 is 2.73 bits per heavy atom. The van der Waals surface area contributed by atoms with Gasteiger partial charge >= 0.3 is 6.18 Å². The van der Waals surface area contributed by atoms with Gasteiger partial charge in [0.25, 0.3) is 0 Å². The number of hydrogen-bond acceptors (Lipinski definition) is 7. The van der Waals surface area contributed by atoms with Crippen LogP contribution in [-0.4, -0.2) is 45.2 Å². The van der Waals surface area contributed by atoms with E-state index in [-0.39, 0.29) is 12.0 Å². The molecule has 2 heterocycles. The summed E-state index contributed by atoms with van der Waals surface area (Å²) in [5.74, 6) is 0.595. The van der Waals surface area contributed by atoms with Crippen molar-refractivity contribution < 1.29 is 22.1 Å². The predicted octanol–water partition coefficient (Wildman–Crippen LogP) is 6.83. The minimum atomic E-state index is -4.51. The molecule has 7 nitrogen and oxygen atoms in total. The van der Waals surface area contributed by atoms with Crippen molar-refractivity contribution in [1.29, 1.82) is 0 Å². The highest BCUT2D eigenvalue weighted by Crippen LogP contribution is 2.42. The van der Waals surface area contributed by atoms with Crippen LogP contribution in [0.15, 0.2) is 41.6 Å². The average molecular weight is 610 g/mol. The smallest absolute Gasteiger partial charge is 0.402 e. The first-order valence-corrected chi connectivity index (χ1v) is 16.1. The Bertz CT molecular complexity index is 1300. The first-order valence-electron chi connectivity index (χ1n) is 14.0. The fraction of sp³-hybridized carbons (Fsp3) is 0.517. The summed E-state index contributed by atoms with van der Waals surface area (Å²) in [5.41, 5.74) is 2.97. The number of aromatic nitrogens is 2. The molecule has 224 valence electrons. The maximum absolute atomic E-state index is 12.8. The third-order valence-corrected chi connectivity index (χ3v) is 9.06. The number of thioether (sulfide) groups is 1. The molecule has 4 rings (SSSR count). The highest BCUT2D eigenvalue weighted by molar-refractivity contribution is 8.11. The number of anilines is 2. The topological polar surface area (TPSA) is 88.2 Å². The number of allylic oxidation sites excluding steroid dienone is 2. The number of alkyl halides is 3. The van der Waals surface area contributed by atoms with E-state index >= 15 is 0 Å². The molecule has 3 N–H and O–H groups in total. The van der Waals surface area contributed by atoms with Crippen LogP contribution in [0, 0.1) is 5.92 Å². The molecule has 0 spiro atoms. The number of nitrogens with one attached hydrogen (secondary N) is 3. The first-order chi connectivity index (χ1) is 19.5. The van der Waals surface area contributed by atoms with Gasteiger partial charge in [0.05, 0.1) is 10.6 Å². The first kappa shape index (κ1) is 31.4. The summed E-state index contributed by atoms with van der Waals surface area (Å²) in [6.07, 6.45) is 2.42. The maximum atomic E-state index is 12.8. The molecule has 0 radical (unpaired) electrons. The van der Waals surface area contributed by atoms with Crippen molar-refractivity contribution in [1.82, 2.24) is 15.3 Å². The molecule has 3 unspecified atom stereocenters. The van der Waals surface area contributed by atoms with E-state index < -0.39 is 22.9 Å². The molecule has 2 aromatic rings. The van der Waals surface area contributed by atoms with Crippen molar-refractivity contribution in [3.8, 4) is 5.75 Å². The molecule has 41 heavy (non-hydrogen) atoms. The Morgan fingerprint density at radius 2 is 2.05 bits per heavy atom. The van der Waals surface area contributed by atoms with Gasteiger partial charge in [-0.25, -0.2) is 14.2 Å². The van der Waals surface area contributed by atoms with E-state index in [2.05, 4.69) is 40.8 Å². The van der Waals surface area contributed by atoms with Gasteiger partial charge in [-0.05, 0) is 80.7 Å². The summed E-state index contributed by atoms with van der Waals surface area (Å²) in [5, 5.41) is 6.85. The lowest BCUT2D eigenvalue weighted by atomic mass is 10.0. The van der Waals surface area contributed by atoms with E-state index in [9.17, 15) is 17.4 Å². The van der Waals surface area contributed by atoms with Crippen LogP contribution in [0.2, 0.25) is 0 Å². The normalized spacial score (nSPS) is 19.1. The SMILES string of the molecule is C=C(C)S/C(=C(/Oc1ccc(NS(=O)CC(F)(F)F)c2c1CCC2)C(C)CC)c1ccnc(NC2CCCNC2)n1. The van der Waals surface area contributed by atoms with E-state index in [0.29, 0.717) is 23.8 Å². The standard InChI is InChI=1S/C29H38F3N5O2S2/c1-5-19(4)26(27(40-18(2)3)24-13-15-34-28(36-24)35-20-8-7-14-33-16-20)39-25-12-11-23(21-9-6-10-22(21)25)37-41(38)17-29(30,31)32/h11-13,15,19-20,33,37H,2,5-10,14,16-17H2,1,3-4H3,(H,34,35,36)/b27-26+. The van der Waals surface area contributed by atoms with Crippen LogP contribution in [0.25, 0.3) is 4.91 Å². The van der Waals surface area contributed by atoms with Crippen molar-refractivity contribution >= 4 is 39.3 Å². The molecule has 1 aromatic carbocycles. The fourth-order valence-corrected chi connectivity index (χ4v) is 6.68. The number of fused-ring (bicyclic) bond motifs is 1. The molecule has 1 fully saturated rings. The molecule has 1 aromatic heterocycles. The van der Waals surface area contributed by atoms with Crippen LogP contribution in [0.5, 0.6) is 5.75 Å². The van der Waals surface area contributed by atoms with Gasteiger partial charge in [-0.15, -0.1) is 0 Å². The van der Waals surface area contributed by atoms with Gasteiger partial charge < -0.3 is 20.1 Å². The van der Waals surface area contributed by atoms with Gasteiger partial charge in [0, 0.05) is 36.0 Å². The Kier molecular flexibility index (Phi) is 10.8.